The molecule has 0 aliphatic rings. The fourth-order valence-electron chi connectivity index (χ4n) is 2.17. The Labute approximate surface area is 140 Å². The lowest BCUT2D eigenvalue weighted by molar-refractivity contribution is -0.384. The number of carbonyl (C=O) groups is 1. The van der Waals surface area contributed by atoms with E-state index in [1.807, 2.05) is 0 Å². The van der Waals surface area contributed by atoms with E-state index in [4.69, 9.17) is 0 Å². The SMILES string of the molecule is O=C(N[C@@H](CO)[C@H](O)c1ccc([N+](=O)[O-])cc1)c1ccc(F)cc1F. The third-order valence-corrected chi connectivity index (χ3v) is 3.52. The highest BCUT2D eigenvalue weighted by molar-refractivity contribution is 5.94. The summed E-state index contributed by atoms with van der Waals surface area (Å²) in [5, 5.41) is 32.5. The minimum atomic E-state index is -1.39. The molecule has 0 aromatic heterocycles. The number of rotatable bonds is 6. The molecule has 25 heavy (non-hydrogen) atoms. The molecule has 7 nitrogen and oxygen atoms in total. The van der Waals surface area contributed by atoms with E-state index in [2.05, 4.69) is 5.32 Å². The monoisotopic (exact) mass is 352 g/mol. The zero-order valence-electron chi connectivity index (χ0n) is 12.7. The summed E-state index contributed by atoms with van der Waals surface area (Å²) in [5.74, 6) is -2.88. The van der Waals surface area contributed by atoms with Crippen molar-refractivity contribution in [2.24, 2.45) is 0 Å². The lowest BCUT2D eigenvalue weighted by atomic mass is 10.0. The molecule has 0 radical (unpaired) electrons. The molecule has 0 bridgehead atoms. The number of nitro groups is 1. The van der Waals surface area contributed by atoms with Gasteiger partial charge in [0.05, 0.1) is 23.1 Å². The Morgan fingerprint density at radius 1 is 1.20 bits per heavy atom. The number of aliphatic hydroxyl groups excluding tert-OH is 2. The van der Waals surface area contributed by atoms with E-state index < -0.39 is 46.8 Å². The van der Waals surface area contributed by atoms with Crippen molar-refractivity contribution in [2.45, 2.75) is 12.1 Å². The second kappa shape index (κ2) is 7.77. The van der Waals surface area contributed by atoms with E-state index in [9.17, 15) is 33.9 Å². The zero-order chi connectivity index (χ0) is 18.6. The van der Waals surface area contributed by atoms with E-state index in [0.29, 0.717) is 6.07 Å². The number of aliphatic hydroxyl groups is 2. The fraction of sp³-hybridized carbons (Fsp3) is 0.188. The summed E-state index contributed by atoms with van der Waals surface area (Å²) in [4.78, 5) is 22.0. The Balaban J connectivity index is 2.15. The second-order valence-corrected chi connectivity index (χ2v) is 5.18. The van der Waals surface area contributed by atoms with E-state index >= 15 is 0 Å². The normalized spacial score (nSPS) is 13.1. The van der Waals surface area contributed by atoms with Crippen molar-refractivity contribution in [3.05, 3.63) is 75.3 Å². The summed E-state index contributed by atoms with van der Waals surface area (Å²) in [6.45, 7) is -0.674. The molecule has 0 unspecified atom stereocenters. The highest BCUT2D eigenvalue weighted by atomic mass is 19.1. The van der Waals surface area contributed by atoms with Gasteiger partial charge in [-0.2, -0.15) is 0 Å². The van der Waals surface area contributed by atoms with Crippen molar-refractivity contribution in [1.29, 1.82) is 0 Å². The molecule has 2 aromatic rings. The van der Waals surface area contributed by atoms with E-state index in [-0.39, 0.29) is 11.3 Å². The molecule has 0 saturated carbocycles. The van der Waals surface area contributed by atoms with Crippen LogP contribution in [0.2, 0.25) is 0 Å². The van der Waals surface area contributed by atoms with Crippen molar-refractivity contribution in [2.75, 3.05) is 6.61 Å². The number of nitro benzene ring substituents is 1. The number of carbonyl (C=O) groups excluding carboxylic acids is 1. The van der Waals surface area contributed by atoms with Gasteiger partial charge < -0.3 is 15.5 Å². The average molecular weight is 352 g/mol. The largest absolute Gasteiger partial charge is 0.394 e. The smallest absolute Gasteiger partial charge is 0.269 e. The van der Waals surface area contributed by atoms with Gasteiger partial charge in [0.2, 0.25) is 0 Å². The maximum Gasteiger partial charge on any atom is 0.269 e. The van der Waals surface area contributed by atoms with Gasteiger partial charge in [0.1, 0.15) is 17.7 Å². The van der Waals surface area contributed by atoms with Gasteiger partial charge in [-0.05, 0) is 29.8 Å². The first kappa shape index (κ1) is 18.4. The highest BCUT2D eigenvalue weighted by Crippen LogP contribution is 2.21. The summed E-state index contributed by atoms with van der Waals surface area (Å²) >= 11 is 0. The molecule has 2 aromatic carbocycles. The zero-order valence-corrected chi connectivity index (χ0v) is 12.7. The Morgan fingerprint density at radius 2 is 1.84 bits per heavy atom. The number of non-ortho nitro benzene ring substituents is 1. The molecule has 0 fully saturated rings. The van der Waals surface area contributed by atoms with Gasteiger partial charge in [-0.25, -0.2) is 8.78 Å². The summed E-state index contributed by atoms with van der Waals surface area (Å²) in [7, 11) is 0. The summed E-state index contributed by atoms with van der Waals surface area (Å²) < 4.78 is 26.5. The average Bonchev–Trinajstić information content (AvgIpc) is 2.58. The van der Waals surface area contributed by atoms with Crippen LogP contribution in [0.5, 0.6) is 0 Å². The molecule has 3 N–H and O–H groups in total. The maximum atomic E-state index is 13.6. The van der Waals surface area contributed by atoms with Crippen molar-refractivity contribution < 1.29 is 28.7 Å². The number of amides is 1. The van der Waals surface area contributed by atoms with Crippen LogP contribution in [0, 0.1) is 21.7 Å². The van der Waals surface area contributed by atoms with Crippen LogP contribution in [0.3, 0.4) is 0 Å². The molecule has 0 aliphatic heterocycles. The summed E-state index contributed by atoms with van der Waals surface area (Å²) in [5.41, 5.74) is -0.422. The highest BCUT2D eigenvalue weighted by Gasteiger charge is 2.24. The maximum absolute atomic E-state index is 13.6. The first-order valence-electron chi connectivity index (χ1n) is 7.12. The molecular formula is C16H14F2N2O5. The minimum absolute atomic E-state index is 0.186. The van der Waals surface area contributed by atoms with Gasteiger partial charge in [0, 0.05) is 18.2 Å². The predicted molar refractivity (Wildman–Crippen MR) is 82.8 cm³/mol. The quantitative estimate of drug-likeness (QED) is 0.541. The standard InChI is InChI=1S/C16H14F2N2O5/c17-10-3-6-12(13(18)7-10)16(23)19-14(8-21)15(22)9-1-4-11(5-2-9)20(24)25/h1-7,14-15,21-22H,8H2,(H,19,23)/t14-,15+/m0/s1. The van der Waals surface area contributed by atoms with E-state index in [1.165, 1.54) is 12.1 Å². The Kier molecular flexibility index (Phi) is 5.73. The van der Waals surface area contributed by atoms with Gasteiger partial charge in [0.15, 0.2) is 0 Å². The Bertz CT molecular complexity index is 783. The minimum Gasteiger partial charge on any atom is -0.394 e. The number of benzene rings is 2. The molecule has 132 valence electrons. The molecular weight excluding hydrogens is 338 g/mol. The Morgan fingerprint density at radius 3 is 2.36 bits per heavy atom. The van der Waals surface area contributed by atoms with Crippen LogP contribution in [0.4, 0.5) is 14.5 Å². The molecule has 0 aliphatic carbocycles. The predicted octanol–water partition coefficient (Wildman–Crippen LogP) is 1.70. The number of hydrogen-bond donors (Lipinski definition) is 3. The number of nitrogens with one attached hydrogen (secondary N) is 1. The van der Waals surface area contributed by atoms with Crippen LogP contribution in [0.1, 0.15) is 22.0 Å². The fourth-order valence-corrected chi connectivity index (χ4v) is 2.17. The molecule has 0 saturated heterocycles. The van der Waals surface area contributed by atoms with Crippen molar-refractivity contribution >= 4 is 11.6 Å². The van der Waals surface area contributed by atoms with Crippen LogP contribution in [-0.4, -0.2) is 33.7 Å². The third-order valence-electron chi connectivity index (χ3n) is 3.52. The summed E-state index contributed by atoms with van der Waals surface area (Å²) in [6.07, 6.45) is -1.39. The molecule has 2 rings (SSSR count). The van der Waals surface area contributed by atoms with E-state index in [1.54, 1.807) is 0 Å². The molecule has 1 amide bonds. The molecule has 0 heterocycles. The molecule has 2 atom stereocenters. The van der Waals surface area contributed by atoms with Crippen molar-refractivity contribution in [3.63, 3.8) is 0 Å². The van der Waals surface area contributed by atoms with Crippen LogP contribution < -0.4 is 5.32 Å². The Hall–Kier alpha value is -2.91. The summed E-state index contributed by atoms with van der Waals surface area (Å²) in [6, 6.07) is 6.05. The second-order valence-electron chi connectivity index (χ2n) is 5.18. The van der Waals surface area contributed by atoms with Crippen LogP contribution in [-0.2, 0) is 0 Å². The number of hydrogen-bond acceptors (Lipinski definition) is 5. The van der Waals surface area contributed by atoms with Gasteiger partial charge >= 0.3 is 0 Å². The van der Waals surface area contributed by atoms with Crippen LogP contribution >= 0.6 is 0 Å². The number of nitrogens with zero attached hydrogens (tertiary/aromatic N) is 1. The van der Waals surface area contributed by atoms with E-state index in [0.717, 1.165) is 24.3 Å². The van der Waals surface area contributed by atoms with Crippen LogP contribution in [0.15, 0.2) is 42.5 Å². The molecule has 0 spiro atoms. The van der Waals surface area contributed by atoms with Crippen LogP contribution in [0.25, 0.3) is 0 Å². The number of halogens is 2. The van der Waals surface area contributed by atoms with Crippen molar-refractivity contribution in [1.82, 2.24) is 5.32 Å². The van der Waals surface area contributed by atoms with Gasteiger partial charge in [-0.3, -0.25) is 14.9 Å². The lowest BCUT2D eigenvalue weighted by Gasteiger charge is -2.22. The van der Waals surface area contributed by atoms with Gasteiger partial charge in [-0.1, -0.05) is 0 Å². The van der Waals surface area contributed by atoms with Gasteiger partial charge in [0.25, 0.3) is 11.6 Å². The van der Waals surface area contributed by atoms with Crippen molar-refractivity contribution in [3.8, 4) is 0 Å². The molecule has 9 heteroatoms. The topological polar surface area (TPSA) is 113 Å². The lowest BCUT2D eigenvalue weighted by Crippen LogP contribution is -2.42. The first-order chi connectivity index (χ1) is 11.8. The third kappa shape index (κ3) is 4.34. The first-order valence-corrected chi connectivity index (χ1v) is 7.12. The van der Waals surface area contributed by atoms with Gasteiger partial charge in [-0.15, -0.1) is 0 Å².